The Labute approximate surface area is 122 Å². The number of ether oxygens (including phenoxy) is 1. The Morgan fingerprint density at radius 1 is 1.55 bits per heavy atom. The molecular formula is C14H19N3O2S. The Morgan fingerprint density at radius 3 is 2.95 bits per heavy atom. The molecule has 0 aliphatic heterocycles. The second kappa shape index (κ2) is 6.09. The molecule has 5 nitrogen and oxygen atoms in total. The Bertz CT molecular complexity index is 675. The molecule has 0 saturated carbocycles. The van der Waals surface area contributed by atoms with Crippen LogP contribution in [0.15, 0.2) is 18.2 Å². The first-order chi connectivity index (χ1) is 9.54. The standard InChI is InChI=1S/C14H19N3O2S/c1-3-7-19-11-6-4-5-10-13(11)16-14(20)17(10)9(2)8-12(15)18/h4-6,9H,3,7-8H2,1-2H3,(H2,15,18)(H,16,20). The van der Waals surface area contributed by atoms with Gasteiger partial charge < -0.3 is 20.0 Å². The smallest absolute Gasteiger partial charge is 0.219 e. The first-order valence-corrected chi connectivity index (χ1v) is 7.09. The zero-order chi connectivity index (χ0) is 14.7. The van der Waals surface area contributed by atoms with Gasteiger partial charge in [-0.3, -0.25) is 4.79 Å². The molecule has 1 atom stereocenters. The van der Waals surface area contributed by atoms with E-state index in [0.29, 0.717) is 11.4 Å². The predicted octanol–water partition coefficient (Wildman–Crippen LogP) is 2.92. The van der Waals surface area contributed by atoms with Gasteiger partial charge in [0.05, 0.1) is 12.1 Å². The Balaban J connectivity index is 2.49. The van der Waals surface area contributed by atoms with Gasteiger partial charge in [0.2, 0.25) is 5.91 Å². The van der Waals surface area contributed by atoms with Crippen molar-refractivity contribution in [3.63, 3.8) is 0 Å². The molecule has 108 valence electrons. The lowest BCUT2D eigenvalue weighted by Crippen LogP contribution is -2.17. The molecular weight excluding hydrogens is 274 g/mol. The van der Waals surface area contributed by atoms with Crippen molar-refractivity contribution in [3.05, 3.63) is 23.0 Å². The van der Waals surface area contributed by atoms with E-state index in [4.69, 9.17) is 22.7 Å². The number of rotatable bonds is 6. The van der Waals surface area contributed by atoms with Gasteiger partial charge in [0, 0.05) is 12.5 Å². The summed E-state index contributed by atoms with van der Waals surface area (Å²) in [7, 11) is 0. The van der Waals surface area contributed by atoms with Gasteiger partial charge in [-0.1, -0.05) is 13.0 Å². The largest absolute Gasteiger partial charge is 0.491 e. The number of nitrogens with two attached hydrogens (primary N) is 1. The molecule has 1 aromatic carbocycles. The Morgan fingerprint density at radius 2 is 2.30 bits per heavy atom. The van der Waals surface area contributed by atoms with Crippen LogP contribution in [-0.2, 0) is 4.79 Å². The number of hydrogen-bond donors (Lipinski definition) is 2. The number of aromatic nitrogens is 2. The van der Waals surface area contributed by atoms with Gasteiger partial charge in [0.25, 0.3) is 0 Å². The normalized spacial score (nSPS) is 12.5. The highest BCUT2D eigenvalue weighted by Crippen LogP contribution is 2.28. The number of amides is 1. The van der Waals surface area contributed by atoms with E-state index in [9.17, 15) is 4.79 Å². The highest BCUT2D eigenvalue weighted by atomic mass is 32.1. The summed E-state index contributed by atoms with van der Waals surface area (Å²) < 4.78 is 8.20. The van der Waals surface area contributed by atoms with Crippen LogP contribution >= 0.6 is 12.2 Å². The minimum absolute atomic E-state index is 0.0878. The maximum atomic E-state index is 11.1. The summed E-state index contributed by atoms with van der Waals surface area (Å²) in [5.74, 6) is 0.438. The molecule has 6 heteroatoms. The highest BCUT2D eigenvalue weighted by molar-refractivity contribution is 7.71. The van der Waals surface area contributed by atoms with Crippen LogP contribution in [-0.4, -0.2) is 22.1 Å². The van der Waals surface area contributed by atoms with E-state index in [0.717, 1.165) is 23.2 Å². The van der Waals surface area contributed by atoms with Crippen molar-refractivity contribution in [1.29, 1.82) is 0 Å². The number of carbonyl (C=O) groups excluding carboxylic acids is 1. The van der Waals surface area contributed by atoms with Crippen molar-refractivity contribution in [2.45, 2.75) is 32.7 Å². The number of hydrogen-bond acceptors (Lipinski definition) is 3. The second-order valence-electron chi connectivity index (χ2n) is 4.82. The number of aromatic amines is 1. The number of nitrogens with zero attached hydrogens (tertiary/aromatic N) is 1. The minimum Gasteiger partial charge on any atom is -0.491 e. The Hall–Kier alpha value is -1.82. The zero-order valence-electron chi connectivity index (χ0n) is 11.7. The van der Waals surface area contributed by atoms with Crippen LogP contribution in [0.1, 0.15) is 32.7 Å². The fourth-order valence-corrected chi connectivity index (χ4v) is 2.66. The Kier molecular flexibility index (Phi) is 4.44. The average molecular weight is 293 g/mol. The van der Waals surface area contributed by atoms with Gasteiger partial charge in [0.15, 0.2) is 4.77 Å². The summed E-state index contributed by atoms with van der Waals surface area (Å²) in [5.41, 5.74) is 7.06. The molecule has 0 saturated heterocycles. The minimum atomic E-state index is -0.341. The first kappa shape index (κ1) is 14.6. The third kappa shape index (κ3) is 2.85. The molecule has 2 rings (SSSR count). The molecule has 0 fully saturated rings. The maximum Gasteiger partial charge on any atom is 0.219 e. The van der Waals surface area contributed by atoms with E-state index in [1.54, 1.807) is 0 Å². The van der Waals surface area contributed by atoms with Gasteiger partial charge in [0.1, 0.15) is 11.3 Å². The molecule has 1 aromatic heterocycles. The molecule has 0 aliphatic carbocycles. The van der Waals surface area contributed by atoms with Crippen LogP contribution in [0.2, 0.25) is 0 Å². The lowest BCUT2D eigenvalue weighted by Gasteiger charge is -2.13. The number of nitrogens with one attached hydrogen (secondary N) is 1. The van der Waals surface area contributed by atoms with E-state index in [1.165, 1.54) is 0 Å². The van der Waals surface area contributed by atoms with Crippen molar-refractivity contribution >= 4 is 29.2 Å². The van der Waals surface area contributed by atoms with Crippen LogP contribution in [0.3, 0.4) is 0 Å². The highest BCUT2D eigenvalue weighted by Gasteiger charge is 2.15. The molecule has 1 amide bonds. The van der Waals surface area contributed by atoms with Crippen LogP contribution < -0.4 is 10.5 Å². The molecule has 3 N–H and O–H groups in total. The van der Waals surface area contributed by atoms with Crippen molar-refractivity contribution in [2.75, 3.05) is 6.61 Å². The summed E-state index contributed by atoms with van der Waals surface area (Å²) >= 11 is 5.35. The third-order valence-electron chi connectivity index (χ3n) is 3.11. The van der Waals surface area contributed by atoms with Crippen molar-refractivity contribution in [1.82, 2.24) is 9.55 Å². The molecule has 0 radical (unpaired) electrons. The van der Waals surface area contributed by atoms with Crippen molar-refractivity contribution in [3.8, 4) is 5.75 Å². The third-order valence-corrected chi connectivity index (χ3v) is 3.41. The molecule has 2 aromatic rings. The summed E-state index contributed by atoms with van der Waals surface area (Å²) in [6, 6.07) is 5.70. The maximum absolute atomic E-state index is 11.1. The van der Waals surface area contributed by atoms with Crippen LogP contribution in [0.25, 0.3) is 11.0 Å². The van der Waals surface area contributed by atoms with Gasteiger partial charge >= 0.3 is 0 Å². The van der Waals surface area contributed by atoms with E-state index < -0.39 is 0 Å². The van der Waals surface area contributed by atoms with E-state index in [2.05, 4.69) is 11.9 Å². The number of H-pyrrole nitrogens is 1. The topological polar surface area (TPSA) is 73.0 Å². The van der Waals surface area contributed by atoms with E-state index in [1.807, 2.05) is 29.7 Å². The lowest BCUT2D eigenvalue weighted by molar-refractivity contribution is -0.118. The van der Waals surface area contributed by atoms with Crippen LogP contribution in [0.4, 0.5) is 0 Å². The van der Waals surface area contributed by atoms with E-state index in [-0.39, 0.29) is 18.4 Å². The lowest BCUT2D eigenvalue weighted by atomic mass is 10.2. The summed E-state index contributed by atoms with van der Waals surface area (Å²) in [6.07, 6.45) is 1.19. The molecule has 20 heavy (non-hydrogen) atoms. The quantitative estimate of drug-likeness (QED) is 0.804. The zero-order valence-corrected chi connectivity index (χ0v) is 12.5. The number of primary amides is 1. The number of benzene rings is 1. The van der Waals surface area contributed by atoms with Gasteiger partial charge in [-0.25, -0.2) is 0 Å². The molecule has 0 bridgehead atoms. The molecule has 0 spiro atoms. The average Bonchev–Trinajstić information content (AvgIpc) is 2.72. The molecule has 1 heterocycles. The monoisotopic (exact) mass is 293 g/mol. The first-order valence-electron chi connectivity index (χ1n) is 6.69. The van der Waals surface area contributed by atoms with Crippen molar-refractivity contribution in [2.24, 2.45) is 5.73 Å². The molecule has 1 unspecified atom stereocenters. The fraction of sp³-hybridized carbons (Fsp3) is 0.429. The summed E-state index contributed by atoms with van der Waals surface area (Å²) in [6.45, 7) is 4.64. The van der Waals surface area contributed by atoms with Crippen molar-refractivity contribution < 1.29 is 9.53 Å². The number of fused-ring (bicyclic) bond motifs is 1. The van der Waals surface area contributed by atoms with Gasteiger partial charge in [-0.05, 0) is 37.7 Å². The van der Waals surface area contributed by atoms with Gasteiger partial charge in [-0.2, -0.15) is 0 Å². The van der Waals surface area contributed by atoms with Gasteiger partial charge in [-0.15, -0.1) is 0 Å². The SMILES string of the molecule is CCCOc1cccc2c1[nH]c(=S)n2C(C)CC(N)=O. The van der Waals surface area contributed by atoms with Crippen LogP contribution in [0.5, 0.6) is 5.75 Å². The fourth-order valence-electron chi connectivity index (χ4n) is 2.27. The second-order valence-corrected chi connectivity index (χ2v) is 5.21. The number of carbonyl (C=O) groups is 1. The summed E-state index contributed by atoms with van der Waals surface area (Å²) in [5, 5.41) is 0. The van der Waals surface area contributed by atoms with E-state index >= 15 is 0 Å². The number of para-hydroxylation sites is 1. The van der Waals surface area contributed by atoms with Crippen LogP contribution in [0, 0.1) is 4.77 Å². The molecule has 0 aliphatic rings. The number of imidazole rings is 1. The summed E-state index contributed by atoms with van der Waals surface area (Å²) in [4.78, 5) is 14.3. The predicted molar refractivity (Wildman–Crippen MR) is 81.4 cm³/mol.